The summed E-state index contributed by atoms with van der Waals surface area (Å²) in [6, 6.07) is 6.29. The number of hydrogen-bond donors (Lipinski definition) is 1. The second-order valence-electron chi connectivity index (χ2n) is 3.79. The molecule has 0 heterocycles. The zero-order valence-corrected chi connectivity index (χ0v) is 9.00. The third-order valence-corrected chi connectivity index (χ3v) is 4.02. The lowest BCUT2D eigenvalue weighted by Gasteiger charge is -2.01. The summed E-state index contributed by atoms with van der Waals surface area (Å²) in [5, 5.41) is 8.69. The minimum atomic E-state index is -0.965. The van der Waals surface area contributed by atoms with Crippen molar-refractivity contribution in [3.8, 4) is 0 Å². The van der Waals surface area contributed by atoms with Gasteiger partial charge in [0.2, 0.25) is 0 Å². The van der Waals surface area contributed by atoms with E-state index >= 15 is 0 Å². The summed E-state index contributed by atoms with van der Waals surface area (Å²) in [4.78, 5) is 11.3. The molecular formula is C11H12O3S. The van der Waals surface area contributed by atoms with Crippen LogP contribution in [-0.2, 0) is 10.8 Å². The van der Waals surface area contributed by atoms with Crippen LogP contribution in [0.2, 0.25) is 0 Å². The molecule has 0 saturated heterocycles. The zero-order valence-electron chi connectivity index (χ0n) is 8.18. The summed E-state index contributed by atoms with van der Waals surface area (Å²) < 4.78 is 11.7. The van der Waals surface area contributed by atoms with Crippen LogP contribution in [0.4, 0.5) is 0 Å². The molecule has 1 atom stereocenters. The van der Waals surface area contributed by atoms with Gasteiger partial charge >= 0.3 is 5.97 Å². The van der Waals surface area contributed by atoms with Gasteiger partial charge in [0.25, 0.3) is 0 Å². The molecule has 0 aliphatic heterocycles. The molecule has 1 unspecified atom stereocenters. The summed E-state index contributed by atoms with van der Waals surface area (Å²) in [7, 11) is -0.965. The highest BCUT2D eigenvalue weighted by Gasteiger charge is 2.24. The highest BCUT2D eigenvalue weighted by molar-refractivity contribution is 7.85. The highest BCUT2D eigenvalue weighted by atomic mass is 32.2. The lowest BCUT2D eigenvalue weighted by molar-refractivity contribution is 0.0697. The number of benzene rings is 1. The molecule has 1 aromatic rings. The van der Waals surface area contributed by atoms with Crippen molar-refractivity contribution in [3.63, 3.8) is 0 Å². The Morgan fingerprint density at radius 2 is 1.93 bits per heavy atom. The van der Waals surface area contributed by atoms with Gasteiger partial charge in [0.1, 0.15) is 0 Å². The van der Waals surface area contributed by atoms with E-state index in [0.29, 0.717) is 11.7 Å². The van der Waals surface area contributed by atoms with E-state index < -0.39 is 16.8 Å². The second-order valence-corrected chi connectivity index (χ2v) is 5.28. The van der Waals surface area contributed by atoms with Gasteiger partial charge in [-0.1, -0.05) is 0 Å². The molecule has 1 N–H and O–H groups in total. The lowest BCUT2D eigenvalue weighted by Crippen LogP contribution is -2.01. The van der Waals surface area contributed by atoms with Crippen LogP contribution in [0, 0.1) is 5.92 Å². The molecule has 1 aromatic carbocycles. The summed E-state index contributed by atoms with van der Waals surface area (Å²) >= 11 is 0. The molecule has 0 bridgehead atoms. The van der Waals surface area contributed by atoms with Crippen LogP contribution in [0.25, 0.3) is 0 Å². The first-order valence-corrected chi connectivity index (χ1v) is 6.20. The Bertz CT molecular complexity index is 393. The summed E-state index contributed by atoms with van der Waals surface area (Å²) in [5.41, 5.74) is 0.238. The molecule has 3 nitrogen and oxygen atoms in total. The maximum atomic E-state index is 11.7. The summed E-state index contributed by atoms with van der Waals surface area (Å²) in [6.07, 6.45) is 2.36. The van der Waals surface area contributed by atoms with E-state index in [-0.39, 0.29) is 5.56 Å². The minimum Gasteiger partial charge on any atom is -0.478 e. The quantitative estimate of drug-likeness (QED) is 0.849. The number of hydrogen-bond acceptors (Lipinski definition) is 2. The standard InChI is InChI=1S/C11H12O3S/c12-11(13)9-3-5-10(6-4-9)15(14)7-8-1-2-8/h3-6,8H,1-2,7H2,(H,12,13). The van der Waals surface area contributed by atoms with E-state index in [9.17, 15) is 9.00 Å². The van der Waals surface area contributed by atoms with Crippen LogP contribution in [0.3, 0.4) is 0 Å². The Morgan fingerprint density at radius 1 is 1.33 bits per heavy atom. The first-order valence-electron chi connectivity index (χ1n) is 4.88. The molecule has 0 aromatic heterocycles. The zero-order chi connectivity index (χ0) is 10.8. The van der Waals surface area contributed by atoms with Gasteiger partial charge in [-0.25, -0.2) is 4.79 Å². The molecule has 1 aliphatic rings. The third-order valence-electron chi connectivity index (χ3n) is 2.45. The van der Waals surface area contributed by atoms with E-state index in [1.54, 1.807) is 12.1 Å². The molecule has 15 heavy (non-hydrogen) atoms. The molecule has 1 saturated carbocycles. The predicted octanol–water partition coefficient (Wildman–Crippen LogP) is 1.90. The van der Waals surface area contributed by atoms with Gasteiger partial charge in [0.05, 0.1) is 16.4 Å². The number of rotatable bonds is 4. The number of carbonyl (C=O) groups is 1. The van der Waals surface area contributed by atoms with E-state index in [4.69, 9.17) is 5.11 Å². The van der Waals surface area contributed by atoms with E-state index in [2.05, 4.69) is 0 Å². The maximum Gasteiger partial charge on any atom is 0.335 e. The SMILES string of the molecule is O=C(O)c1ccc(S(=O)CC2CC2)cc1. The fourth-order valence-corrected chi connectivity index (χ4v) is 2.74. The topological polar surface area (TPSA) is 54.4 Å². The number of carboxylic acid groups (broad SMARTS) is 1. The van der Waals surface area contributed by atoms with Gasteiger partial charge in [-0.2, -0.15) is 0 Å². The Morgan fingerprint density at radius 3 is 2.40 bits per heavy atom. The predicted molar refractivity (Wildman–Crippen MR) is 57.4 cm³/mol. The van der Waals surface area contributed by atoms with Gasteiger partial charge in [-0.05, 0) is 43.0 Å². The Labute approximate surface area is 90.6 Å². The van der Waals surface area contributed by atoms with Gasteiger partial charge in [0.15, 0.2) is 0 Å². The average Bonchev–Trinajstić information content (AvgIpc) is 3.02. The first kappa shape index (κ1) is 10.4. The Hall–Kier alpha value is -1.16. The molecular weight excluding hydrogens is 212 g/mol. The van der Waals surface area contributed by atoms with Gasteiger partial charge in [0, 0.05) is 10.6 Å². The Kier molecular flexibility index (Phi) is 2.86. The fraction of sp³-hybridized carbons (Fsp3) is 0.364. The van der Waals surface area contributed by atoms with Crippen molar-refractivity contribution in [1.29, 1.82) is 0 Å². The molecule has 0 radical (unpaired) electrons. The van der Waals surface area contributed by atoms with Crippen molar-refractivity contribution in [2.45, 2.75) is 17.7 Å². The van der Waals surface area contributed by atoms with E-state index in [1.165, 1.54) is 25.0 Å². The molecule has 2 rings (SSSR count). The van der Waals surface area contributed by atoms with Crippen LogP contribution >= 0.6 is 0 Å². The number of aromatic carboxylic acids is 1. The molecule has 1 aliphatic carbocycles. The minimum absolute atomic E-state index is 0.238. The average molecular weight is 224 g/mol. The fourth-order valence-electron chi connectivity index (χ4n) is 1.34. The van der Waals surface area contributed by atoms with Gasteiger partial charge < -0.3 is 5.11 Å². The normalized spacial score (nSPS) is 17.3. The van der Waals surface area contributed by atoms with Crippen molar-refractivity contribution < 1.29 is 14.1 Å². The number of carboxylic acids is 1. The van der Waals surface area contributed by atoms with Crippen molar-refractivity contribution >= 4 is 16.8 Å². The lowest BCUT2D eigenvalue weighted by atomic mass is 10.2. The van der Waals surface area contributed by atoms with Crippen molar-refractivity contribution in [2.75, 3.05) is 5.75 Å². The largest absolute Gasteiger partial charge is 0.478 e. The maximum absolute atomic E-state index is 11.7. The third kappa shape index (κ3) is 2.65. The first-order chi connectivity index (χ1) is 7.16. The van der Waals surface area contributed by atoms with Gasteiger partial charge in [-0.15, -0.1) is 0 Å². The van der Waals surface area contributed by atoms with Crippen LogP contribution in [0.1, 0.15) is 23.2 Å². The van der Waals surface area contributed by atoms with E-state index in [1.807, 2.05) is 0 Å². The van der Waals surface area contributed by atoms with Crippen LogP contribution in [-0.4, -0.2) is 21.0 Å². The van der Waals surface area contributed by atoms with Crippen molar-refractivity contribution in [3.05, 3.63) is 29.8 Å². The van der Waals surface area contributed by atoms with Crippen molar-refractivity contribution in [1.82, 2.24) is 0 Å². The summed E-state index contributed by atoms with van der Waals surface area (Å²) in [6.45, 7) is 0. The van der Waals surface area contributed by atoms with Gasteiger partial charge in [-0.3, -0.25) is 4.21 Å². The molecule has 0 spiro atoms. The Balaban J connectivity index is 2.08. The van der Waals surface area contributed by atoms with Crippen LogP contribution in [0.5, 0.6) is 0 Å². The van der Waals surface area contributed by atoms with Crippen LogP contribution in [0.15, 0.2) is 29.2 Å². The summed E-state index contributed by atoms with van der Waals surface area (Å²) in [5.74, 6) is 0.381. The molecule has 4 heteroatoms. The van der Waals surface area contributed by atoms with Crippen molar-refractivity contribution in [2.24, 2.45) is 5.92 Å². The highest BCUT2D eigenvalue weighted by Crippen LogP contribution is 2.30. The molecule has 80 valence electrons. The second kappa shape index (κ2) is 4.14. The van der Waals surface area contributed by atoms with Crippen LogP contribution < -0.4 is 0 Å². The molecule has 0 amide bonds. The molecule has 1 fully saturated rings. The van der Waals surface area contributed by atoms with E-state index in [0.717, 1.165) is 4.90 Å². The monoisotopic (exact) mass is 224 g/mol. The smallest absolute Gasteiger partial charge is 0.335 e.